The number of hydrogen-bond donors (Lipinski definition) is 2. The summed E-state index contributed by atoms with van der Waals surface area (Å²) in [7, 11) is 0. The molecule has 1 amide bonds. The van der Waals surface area contributed by atoms with Crippen molar-refractivity contribution in [2.24, 2.45) is 0 Å². The van der Waals surface area contributed by atoms with Crippen LogP contribution in [0.3, 0.4) is 0 Å². The number of carbonyl (C=O) groups excluding carboxylic acids is 1. The minimum atomic E-state index is -0.173. The molecule has 1 rings (SSSR count). The predicted molar refractivity (Wildman–Crippen MR) is 66.2 cm³/mol. The Balaban J connectivity index is 3.00. The molecule has 0 aliphatic carbocycles. The average molecular weight is 237 g/mol. The molecule has 0 aliphatic rings. The van der Waals surface area contributed by atoms with Gasteiger partial charge in [0, 0.05) is 24.2 Å². The summed E-state index contributed by atoms with van der Waals surface area (Å²) in [6.45, 7) is 6.54. The molecule has 0 aliphatic heterocycles. The third kappa shape index (κ3) is 3.37. The lowest BCUT2D eigenvalue weighted by Crippen LogP contribution is -2.37. The Bertz CT molecular complexity index is 381. The molecule has 1 aromatic carbocycles. The molecular formula is C13H19NO3. The Kier molecular flexibility index (Phi) is 4.37. The highest BCUT2D eigenvalue weighted by molar-refractivity contribution is 5.95. The van der Waals surface area contributed by atoms with Gasteiger partial charge in [-0.15, -0.1) is 0 Å². The van der Waals surface area contributed by atoms with E-state index >= 15 is 0 Å². The fourth-order valence-corrected chi connectivity index (χ4v) is 1.72. The van der Waals surface area contributed by atoms with E-state index in [0.717, 1.165) is 6.42 Å². The summed E-state index contributed by atoms with van der Waals surface area (Å²) in [4.78, 5) is 13.9. The molecule has 2 N–H and O–H groups in total. The second-order valence-electron chi connectivity index (χ2n) is 4.33. The first-order valence-corrected chi connectivity index (χ1v) is 5.79. The monoisotopic (exact) mass is 237 g/mol. The number of carbonyl (C=O) groups is 1. The number of benzene rings is 1. The van der Waals surface area contributed by atoms with E-state index in [1.165, 1.54) is 18.2 Å². The molecule has 17 heavy (non-hydrogen) atoms. The van der Waals surface area contributed by atoms with E-state index in [0.29, 0.717) is 12.1 Å². The second-order valence-corrected chi connectivity index (χ2v) is 4.33. The first kappa shape index (κ1) is 13.4. The van der Waals surface area contributed by atoms with Gasteiger partial charge in [0.1, 0.15) is 11.5 Å². The molecule has 0 heterocycles. The first-order valence-electron chi connectivity index (χ1n) is 5.79. The Labute approximate surface area is 101 Å². The normalized spacial score (nSPS) is 10.6. The Morgan fingerprint density at radius 1 is 1.24 bits per heavy atom. The van der Waals surface area contributed by atoms with Crippen LogP contribution < -0.4 is 0 Å². The number of hydrogen-bond acceptors (Lipinski definition) is 3. The van der Waals surface area contributed by atoms with E-state index in [1.54, 1.807) is 4.90 Å². The molecule has 0 aromatic heterocycles. The highest BCUT2D eigenvalue weighted by Gasteiger charge is 2.18. The Morgan fingerprint density at radius 3 is 2.18 bits per heavy atom. The lowest BCUT2D eigenvalue weighted by molar-refractivity contribution is 0.0705. The van der Waals surface area contributed by atoms with Crippen LogP contribution in [0, 0.1) is 0 Å². The lowest BCUT2D eigenvalue weighted by atomic mass is 10.1. The number of nitrogens with zero attached hydrogens (tertiary/aromatic N) is 1. The Hall–Kier alpha value is -1.71. The summed E-state index contributed by atoms with van der Waals surface area (Å²) >= 11 is 0. The van der Waals surface area contributed by atoms with Gasteiger partial charge in [-0.1, -0.05) is 6.92 Å². The summed E-state index contributed by atoms with van der Waals surface area (Å²) in [5.74, 6) is -0.379. The van der Waals surface area contributed by atoms with Gasteiger partial charge in [-0.2, -0.15) is 0 Å². The van der Waals surface area contributed by atoms with Crippen LogP contribution in [0.1, 0.15) is 37.6 Å². The van der Waals surface area contributed by atoms with Crippen molar-refractivity contribution >= 4 is 5.91 Å². The van der Waals surface area contributed by atoms with Gasteiger partial charge in [0.05, 0.1) is 0 Å². The van der Waals surface area contributed by atoms with Crippen LogP contribution in [0.4, 0.5) is 0 Å². The molecule has 0 saturated carbocycles. The van der Waals surface area contributed by atoms with E-state index < -0.39 is 0 Å². The van der Waals surface area contributed by atoms with Crippen molar-refractivity contribution in [2.45, 2.75) is 33.2 Å². The summed E-state index contributed by atoms with van der Waals surface area (Å²) < 4.78 is 0. The predicted octanol–water partition coefficient (Wildman–Crippen LogP) is 2.36. The van der Waals surface area contributed by atoms with Crippen LogP contribution in [-0.4, -0.2) is 33.6 Å². The van der Waals surface area contributed by atoms with Crippen molar-refractivity contribution < 1.29 is 15.0 Å². The Morgan fingerprint density at radius 2 is 1.76 bits per heavy atom. The molecule has 0 unspecified atom stereocenters. The molecule has 1 aromatic rings. The maximum absolute atomic E-state index is 12.2. The molecule has 94 valence electrons. The van der Waals surface area contributed by atoms with Gasteiger partial charge in [0.15, 0.2) is 0 Å². The molecule has 0 bridgehead atoms. The third-order valence-electron chi connectivity index (χ3n) is 2.50. The highest BCUT2D eigenvalue weighted by Crippen LogP contribution is 2.22. The van der Waals surface area contributed by atoms with E-state index in [9.17, 15) is 15.0 Å². The summed E-state index contributed by atoms with van der Waals surface area (Å²) in [6.07, 6.45) is 0.870. The maximum Gasteiger partial charge on any atom is 0.254 e. The molecule has 4 heteroatoms. The number of amides is 1. The fraction of sp³-hybridized carbons (Fsp3) is 0.462. The van der Waals surface area contributed by atoms with Gasteiger partial charge in [-0.05, 0) is 32.4 Å². The van der Waals surface area contributed by atoms with Crippen LogP contribution >= 0.6 is 0 Å². The van der Waals surface area contributed by atoms with Gasteiger partial charge in [-0.3, -0.25) is 4.79 Å². The van der Waals surface area contributed by atoms with Crippen molar-refractivity contribution in [1.29, 1.82) is 0 Å². The average Bonchev–Trinajstić information content (AvgIpc) is 2.23. The standard InChI is InChI=1S/C13H19NO3/c1-4-5-14(9(2)3)13(17)10-6-11(15)8-12(16)7-10/h6-9,15-16H,4-5H2,1-3H3. The zero-order valence-corrected chi connectivity index (χ0v) is 10.5. The minimum Gasteiger partial charge on any atom is -0.508 e. The topological polar surface area (TPSA) is 60.8 Å². The van der Waals surface area contributed by atoms with Crippen molar-refractivity contribution in [3.05, 3.63) is 23.8 Å². The van der Waals surface area contributed by atoms with E-state index in [2.05, 4.69) is 0 Å². The number of rotatable bonds is 4. The molecule has 0 radical (unpaired) electrons. The third-order valence-corrected chi connectivity index (χ3v) is 2.50. The van der Waals surface area contributed by atoms with Crippen LogP contribution in [0.15, 0.2) is 18.2 Å². The summed E-state index contributed by atoms with van der Waals surface area (Å²) in [5, 5.41) is 18.7. The van der Waals surface area contributed by atoms with E-state index in [1.807, 2.05) is 20.8 Å². The van der Waals surface area contributed by atoms with Crippen molar-refractivity contribution in [1.82, 2.24) is 4.90 Å². The minimum absolute atomic E-state index is 0.0898. The van der Waals surface area contributed by atoms with Gasteiger partial charge in [0.25, 0.3) is 5.91 Å². The molecule has 0 spiro atoms. The van der Waals surface area contributed by atoms with Crippen molar-refractivity contribution in [3.63, 3.8) is 0 Å². The van der Waals surface area contributed by atoms with Gasteiger partial charge < -0.3 is 15.1 Å². The fourth-order valence-electron chi connectivity index (χ4n) is 1.72. The molecule has 4 nitrogen and oxygen atoms in total. The summed E-state index contributed by atoms with van der Waals surface area (Å²) in [6, 6.07) is 4.03. The zero-order chi connectivity index (χ0) is 13.0. The molecule has 0 atom stereocenters. The second kappa shape index (κ2) is 5.57. The van der Waals surface area contributed by atoms with Gasteiger partial charge in [0.2, 0.25) is 0 Å². The molecule has 0 fully saturated rings. The van der Waals surface area contributed by atoms with E-state index in [-0.39, 0.29) is 23.4 Å². The lowest BCUT2D eigenvalue weighted by Gasteiger charge is -2.26. The largest absolute Gasteiger partial charge is 0.508 e. The van der Waals surface area contributed by atoms with Gasteiger partial charge >= 0.3 is 0 Å². The van der Waals surface area contributed by atoms with Crippen LogP contribution in [-0.2, 0) is 0 Å². The SMILES string of the molecule is CCCN(C(=O)c1cc(O)cc(O)c1)C(C)C. The maximum atomic E-state index is 12.2. The first-order chi connectivity index (χ1) is 7.95. The van der Waals surface area contributed by atoms with Gasteiger partial charge in [-0.25, -0.2) is 0 Å². The van der Waals surface area contributed by atoms with Crippen LogP contribution in [0.2, 0.25) is 0 Å². The molecular weight excluding hydrogens is 218 g/mol. The highest BCUT2D eigenvalue weighted by atomic mass is 16.3. The van der Waals surface area contributed by atoms with Crippen LogP contribution in [0.5, 0.6) is 11.5 Å². The zero-order valence-electron chi connectivity index (χ0n) is 10.5. The number of phenols is 2. The van der Waals surface area contributed by atoms with Crippen molar-refractivity contribution in [3.8, 4) is 11.5 Å². The number of phenolic OH excluding ortho intramolecular Hbond substituents is 2. The molecule has 0 saturated heterocycles. The van der Waals surface area contributed by atoms with Crippen molar-refractivity contribution in [2.75, 3.05) is 6.54 Å². The number of aromatic hydroxyl groups is 2. The smallest absolute Gasteiger partial charge is 0.254 e. The van der Waals surface area contributed by atoms with E-state index in [4.69, 9.17) is 0 Å². The summed E-state index contributed by atoms with van der Waals surface area (Å²) in [5.41, 5.74) is 0.310. The van der Waals surface area contributed by atoms with Crippen LogP contribution in [0.25, 0.3) is 0 Å². The quantitative estimate of drug-likeness (QED) is 0.845.